The average molecular weight is 347 g/mol. The van der Waals surface area contributed by atoms with Crippen molar-refractivity contribution in [2.24, 2.45) is 0 Å². The zero-order valence-electron chi connectivity index (χ0n) is 14.9. The van der Waals surface area contributed by atoms with Crippen LogP contribution < -0.4 is 5.32 Å². The number of unbranched alkanes of at least 4 members (excludes halogenated alkanes) is 3. The van der Waals surface area contributed by atoms with Gasteiger partial charge in [-0.3, -0.25) is 9.59 Å². The molecule has 7 nitrogen and oxygen atoms in total. The van der Waals surface area contributed by atoms with Gasteiger partial charge < -0.3 is 24.6 Å². The minimum absolute atomic E-state index is 0.0186. The largest absolute Gasteiger partial charge is 0.481 e. The van der Waals surface area contributed by atoms with E-state index in [0.29, 0.717) is 46.0 Å². The number of carbonyl (C=O) groups is 2. The molecule has 0 aliphatic rings. The fourth-order valence-corrected chi connectivity index (χ4v) is 1.88. The number of rotatable bonds is 18. The number of carboxylic acids is 1. The minimum atomic E-state index is -0.963. The molecule has 0 aliphatic carbocycles. The number of hydrogen-bond acceptors (Lipinski definition) is 5. The standard InChI is InChI=1S/C17H33NO6/c1-2-3-4-5-10-22-12-14-24-15-13-23-11-6-9-18-16(19)7-8-17(20)21/h2-15H2,1H3,(H,18,19)(H,20,21). The van der Waals surface area contributed by atoms with Crippen molar-refractivity contribution < 1.29 is 28.9 Å². The van der Waals surface area contributed by atoms with Crippen LogP contribution in [0.3, 0.4) is 0 Å². The van der Waals surface area contributed by atoms with Crippen LogP contribution in [0, 0.1) is 0 Å². The van der Waals surface area contributed by atoms with Crippen molar-refractivity contribution >= 4 is 11.9 Å². The summed E-state index contributed by atoms with van der Waals surface area (Å²) in [4.78, 5) is 21.5. The molecule has 0 unspecified atom stereocenters. The summed E-state index contributed by atoms with van der Waals surface area (Å²) in [6.07, 6.45) is 5.42. The number of carboxylic acid groups (broad SMARTS) is 1. The molecule has 0 fully saturated rings. The topological polar surface area (TPSA) is 94.1 Å². The van der Waals surface area contributed by atoms with Gasteiger partial charge in [0.15, 0.2) is 0 Å². The second-order valence-corrected chi connectivity index (χ2v) is 5.50. The first-order chi connectivity index (χ1) is 11.7. The van der Waals surface area contributed by atoms with Crippen molar-refractivity contribution in [1.82, 2.24) is 5.32 Å². The third-order valence-electron chi connectivity index (χ3n) is 3.24. The summed E-state index contributed by atoms with van der Waals surface area (Å²) in [7, 11) is 0. The first-order valence-corrected chi connectivity index (χ1v) is 8.88. The van der Waals surface area contributed by atoms with Crippen molar-refractivity contribution in [2.75, 3.05) is 46.2 Å². The first-order valence-electron chi connectivity index (χ1n) is 8.88. The first kappa shape index (κ1) is 22.8. The van der Waals surface area contributed by atoms with E-state index in [1.807, 2.05) is 0 Å². The number of nitrogens with one attached hydrogen (secondary N) is 1. The number of ether oxygens (including phenoxy) is 3. The highest BCUT2D eigenvalue weighted by Crippen LogP contribution is 1.98. The molecule has 0 spiro atoms. The lowest BCUT2D eigenvalue weighted by molar-refractivity contribution is -0.138. The molecule has 24 heavy (non-hydrogen) atoms. The molecule has 1 amide bonds. The molecule has 0 aromatic rings. The van der Waals surface area contributed by atoms with Crippen molar-refractivity contribution in [1.29, 1.82) is 0 Å². The van der Waals surface area contributed by atoms with Crippen molar-refractivity contribution in [3.05, 3.63) is 0 Å². The van der Waals surface area contributed by atoms with Gasteiger partial charge in [0, 0.05) is 26.2 Å². The predicted octanol–water partition coefficient (Wildman–Crippen LogP) is 1.99. The lowest BCUT2D eigenvalue weighted by atomic mass is 10.2. The van der Waals surface area contributed by atoms with Crippen molar-refractivity contribution in [3.63, 3.8) is 0 Å². The third-order valence-corrected chi connectivity index (χ3v) is 3.24. The van der Waals surface area contributed by atoms with Crippen LogP contribution in [0.5, 0.6) is 0 Å². The molecule has 0 atom stereocenters. The van der Waals surface area contributed by atoms with Gasteiger partial charge in [0.05, 0.1) is 32.8 Å². The Hall–Kier alpha value is -1.18. The average Bonchev–Trinajstić information content (AvgIpc) is 2.56. The minimum Gasteiger partial charge on any atom is -0.481 e. The molecule has 0 radical (unpaired) electrons. The van der Waals surface area contributed by atoms with E-state index in [-0.39, 0.29) is 18.7 Å². The van der Waals surface area contributed by atoms with E-state index < -0.39 is 5.97 Å². The van der Waals surface area contributed by atoms with Gasteiger partial charge in [0.1, 0.15) is 0 Å². The molecule has 0 aromatic carbocycles. The van der Waals surface area contributed by atoms with E-state index >= 15 is 0 Å². The molecule has 2 N–H and O–H groups in total. The lowest BCUT2D eigenvalue weighted by Gasteiger charge is -2.07. The summed E-state index contributed by atoms with van der Waals surface area (Å²) >= 11 is 0. The Morgan fingerprint density at radius 1 is 0.792 bits per heavy atom. The summed E-state index contributed by atoms with van der Waals surface area (Å²) in [5.74, 6) is -1.20. The highest BCUT2D eigenvalue weighted by molar-refractivity contribution is 5.80. The van der Waals surface area contributed by atoms with E-state index in [2.05, 4.69) is 12.2 Å². The summed E-state index contributed by atoms with van der Waals surface area (Å²) < 4.78 is 16.2. The van der Waals surface area contributed by atoms with Gasteiger partial charge in [-0.15, -0.1) is 0 Å². The van der Waals surface area contributed by atoms with Crippen LogP contribution >= 0.6 is 0 Å². The Balaban J connectivity index is 3.10. The van der Waals surface area contributed by atoms with E-state index in [4.69, 9.17) is 19.3 Å². The van der Waals surface area contributed by atoms with E-state index in [1.165, 1.54) is 19.3 Å². The smallest absolute Gasteiger partial charge is 0.303 e. The third kappa shape index (κ3) is 18.9. The highest BCUT2D eigenvalue weighted by atomic mass is 16.5. The Morgan fingerprint density at radius 3 is 1.96 bits per heavy atom. The predicted molar refractivity (Wildman–Crippen MR) is 91.1 cm³/mol. The van der Waals surface area contributed by atoms with Crippen LogP contribution in [0.1, 0.15) is 51.9 Å². The van der Waals surface area contributed by atoms with Crippen LogP contribution in [0.2, 0.25) is 0 Å². The maximum Gasteiger partial charge on any atom is 0.303 e. The summed E-state index contributed by atoms with van der Waals surface area (Å²) in [5, 5.41) is 11.1. The molecule has 0 bridgehead atoms. The SMILES string of the molecule is CCCCCCOCCOCCOCCCNC(=O)CCC(=O)O. The van der Waals surface area contributed by atoms with E-state index in [0.717, 1.165) is 13.0 Å². The summed E-state index contributed by atoms with van der Waals surface area (Å²) in [6, 6.07) is 0. The molecule has 142 valence electrons. The molecule has 0 saturated heterocycles. The van der Waals surface area contributed by atoms with Crippen molar-refractivity contribution in [2.45, 2.75) is 51.9 Å². The lowest BCUT2D eigenvalue weighted by Crippen LogP contribution is -2.25. The van der Waals surface area contributed by atoms with Gasteiger partial charge in [-0.1, -0.05) is 26.2 Å². The van der Waals surface area contributed by atoms with Gasteiger partial charge >= 0.3 is 5.97 Å². The van der Waals surface area contributed by atoms with Gasteiger partial charge in [-0.2, -0.15) is 0 Å². The molecular formula is C17H33NO6. The molecule has 0 saturated carbocycles. The Labute approximate surface area is 145 Å². The maximum absolute atomic E-state index is 11.2. The maximum atomic E-state index is 11.2. The molecule has 0 aromatic heterocycles. The molecule has 0 rings (SSSR count). The zero-order chi connectivity index (χ0) is 17.9. The van der Waals surface area contributed by atoms with Crippen LogP contribution in [0.4, 0.5) is 0 Å². The second-order valence-electron chi connectivity index (χ2n) is 5.50. The van der Waals surface area contributed by atoms with Crippen LogP contribution in [-0.4, -0.2) is 63.2 Å². The highest BCUT2D eigenvalue weighted by Gasteiger charge is 2.03. The molecular weight excluding hydrogens is 314 g/mol. The quantitative estimate of drug-likeness (QED) is 0.368. The van der Waals surface area contributed by atoms with Gasteiger partial charge in [0.25, 0.3) is 0 Å². The summed E-state index contributed by atoms with van der Waals surface area (Å²) in [6.45, 7) is 6.27. The normalized spacial score (nSPS) is 10.7. The van der Waals surface area contributed by atoms with Gasteiger partial charge in [-0.05, 0) is 12.8 Å². The molecule has 7 heteroatoms. The van der Waals surface area contributed by atoms with Crippen LogP contribution in [0.25, 0.3) is 0 Å². The molecule has 0 aliphatic heterocycles. The fraction of sp³-hybridized carbons (Fsp3) is 0.882. The van der Waals surface area contributed by atoms with Gasteiger partial charge in [-0.25, -0.2) is 0 Å². The van der Waals surface area contributed by atoms with Crippen LogP contribution in [-0.2, 0) is 23.8 Å². The Kier molecular flexibility index (Phi) is 17.3. The zero-order valence-corrected chi connectivity index (χ0v) is 14.9. The number of aliphatic carboxylic acids is 1. The second kappa shape index (κ2) is 18.2. The number of amides is 1. The number of carbonyl (C=O) groups excluding carboxylic acids is 1. The molecule has 0 heterocycles. The fourth-order valence-electron chi connectivity index (χ4n) is 1.88. The van der Waals surface area contributed by atoms with Crippen LogP contribution in [0.15, 0.2) is 0 Å². The number of hydrogen-bond donors (Lipinski definition) is 2. The van der Waals surface area contributed by atoms with E-state index in [9.17, 15) is 9.59 Å². The Bertz CT molecular complexity index is 311. The van der Waals surface area contributed by atoms with E-state index in [1.54, 1.807) is 0 Å². The monoisotopic (exact) mass is 347 g/mol. The Morgan fingerprint density at radius 2 is 1.38 bits per heavy atom. The van der Waals surface area contributed by atoms with Gasteiger partial charge in [0.2, 0.25) is 5.91 Å². The summed E-state index contributed by atoms with van der Waals surface area (Å²) in [5.41, 5.74) is 0. The van der Waals surface area contributed by atoms with Crippen molar-refractivity contribution in [3.8, 4) is 0 Å².